The lowest BCUT2D eigenvalue weighted by molar-refractivity contribution is -0.137. The molecule has 9 N–H and O–H groups in total. The topological polar surface area (TPSA) is 169 Å². The molecule has 1 aliphatic rings. The van der Waals surface area contributed by atoms with Crippen molar-refractivity contribution in [3.63, 3.8) is 0 Å². The number of hydrogen-bond donors (Lipinski definition) is 6. The number of amides is 2. The summed E-state index contributed by atoms with van der Waals surface area (Å²) in [6.07, 6.45) is -3.79. The van der Waals surface area contributed by atoms with E-state index < -0.39 is 30.5 Å². The van der Waals surface area contributed by atoms with Crippen molar-refractivity contribution in [1.82, 2.24) is 10.2 Å². The number of benzene rings is 2. The van der Waals surface area contributed by atoms with E-state index in [1.165, 1.54) is 12.1 Å². The van der Waals surface area contributed by atoms with Gasteiger partial charge in [0, 0.05) is 51.4 Å². The molecule has 0 radical (unpaired) electrons. The first-order valence-electron chi connectivity index (χ1n) is 13.8. The Bertz CT molecular complexity index is 1160. The molecule has 2 aromatic rings. The molecule has 10 nitrogen and oxygen atoms in total. The van der Waals surface area contributed by atoms with Crippen molar-refractivity contribution in [1.29, 1.82) is 0 Å². The third-order valence-corrected chi connectivity index (χ3v) is 6.66. The number of anilines is 1. The molecule has 232 valence electrons. The fourth-order valence-corrected chi connectivity index (χ4v) is 4.34. The van der Waals surface area contributed by atoms with Gasteiger partial charge in [0.25, 0.3) is 0 Å². The van der Waals surface area contributed by atoms with Crippen LogP contribution in [0.3, 0.4) is 0 Å². The molecule has 0 bridgehead atoms. The van der Waals surface area contributed by atoms with Gasteiger partial charge in [-0.1, -0.05) is 23.8 Å². The van der Waals surface area contributed by atoms with E-state index in [-0.39, 0.29) is 24.7 Å². The van der Waals surface area contributed by atoms with Gasteiger partial charge in [-0.15, -0.1) is 0 Å². The minimum atomic E-state index is -4.21. The smallest absolute Gasteiger partial charge is 0.423 e. The predicted octanol–water partition coefficient (Wildman–Crippen LogP) is 1.03. The van der Waals surface area contributed by atoms with Crippen molar-refractivity contribution >= 4 is 30.1 Å². The van der Waals surface area contributed by atoms with Crippen LogP contribution < -0.4 is 33.3 Å². The Balaban J connectivity index is 0.000000468. The van der Waals surface area contributed by atoms with Gasteiger partial charge in [0.2, 0.25) is 11.8 Å². The van der Waals surface area contributed by atoms with Crippen molar-refractivity contribution < 1.29 is 32.4 Å². The highest BCUT2D eigenvalue weighted by Crippen LogP contribution is 2.31. The fraction of sp³-hybridized carbons (Fsp3) is 0.500. The molecule has 1 heterocycles. The Kier molecular flexibility index (Phi) is 13.3. The van der Waals surface area contributed by atoms with Gasteiger partial charge in [0.15, 0.2) is 0 Å². The average molecular weight is 594 g/mol. The number of carbonyl (C=O) groups excluding carboxylic acids is 2. The molecular formula is C28H42BF3N6O4. The first kappa shape index (κ1) is 35.0. The minimum Gasteiger partial charge on any atom is -0.423 e. The van der Waals surface area contributed by atoms with Crippen LogP contribution in [0, 0.1) is 6.92 Å². The second-order valence-corrected chi connectivity index (χ2v) is 10.5. The summed E-state index contributed by atoms with van der Waals surface area (Å²) in [7, 11) is -0.946. The fourth-order valence-electron chi connectivity index (χ4n) is 4.34. The molecule has 2 aromatic carbocycles. The van der Waals surface area contributed by atoms with Crippen LogP contribution in [-0.2, 0) is 26.0 Å². The largest absolute Gasteiger partial charge is 0.492 e. The van der Waals surface area contributed by atoms with Crippen LogP contribution in [0.25, 0.3) is 0 Å². The van der Waals surface area contributed by atoms with Crippen molar-refractivity contribution in [2.75, 3.05) is 44.6 Å². The van der Waals surface area contributed by atoms with E-state index in [0.717, 1.165) is 34.4 Å². The Hall–Kier alpha value is -3.17. The predicted molar refractivity (Wildman–Crippen MR) is 158 cm³/mol. The highest BCUT2D eigenvalue weighted by atomic mass is 19.4. The third kappa shape index (κ3) is 10.6. The number of nitrogens with one attached hydrogen (secondary N) is 2. The molecule has 0 aliphatic carbocycles. The first-order valence-corrected chi connectivity index (χ1v) is 13.8. The molecule has 0 spiro atoms. The minimum absolute atomic E-state index is 0.105. The standard InChI is InChI=1S/C20H35BN6O4.C8H7F3/c1-20(2)15-4-3-14(13-16(15)21(30)31-20)25-9-10-26-19(29)17(24)5-6-18(28)27(11-7-22)12-8-23;1-6-2-4-7(5-3-6)8(9,10)11/h3-4,13,17,25,30H,5-12,22-24H2,1-2H3,(H,26,29);2-5H,1H3. The summed E-state index contributed by atoms with van der Waals surface area (Å²) in [5, 5.41) is 16.0. The van der Waals surface area contributed by atoms with Crippen molar-refractivity contribution in [3.8, 4) is 0 Å². The van der Waals surface area contributed by atoms with Crippen molar-refractivity contribution in [2.45, 2.75) is 51.4 Å². The van der Waals surface area contributed by atoms with Crippen LogP contribution in [0.1, 0.15) is 43.4 Å². The van der Waals surface area contributed by atoms with Gasteiger partial charge in [-0.3, -0.25) is 9.59 Å². The lowest BCUT2D eigenvalue weighted by Gasteiger charge is -2.22. The van der Waals surface area contributed by atoms with E-state index in [1.54, 1.807) is 11.8 Å². The zero-order chi connectivity index (χ0) is 31.5. The molecule has 0 saturated heterocycles. The monoisotopic (exact) mass is 594 g/mol. The van der Waals surface area contributed by atoms with Gasteiger partial charge in [-0.25, -0.2) is 0 Å². The van der Waals surface area contributed by atoms with E-state index in [0.29, 0.717) is 39.3 Å². The lowest BCUT2D eigenvalue weighted by atomic mass is 9.78. The number of halogens is 3. The quantitative estimate of drug-likeness (QED) is 0.157. The van der Waals surface area contributed by atoms with Crippen LogP contribution in [-0.4, -0.2) is 74.2 Å². The van der Waals surface area contributed by atoms with Crippen molar-refractivity contribution in [3.05, 3.63) is 59.2 Å². The summed E-state index contributed by atoms with van der Waals surface area (Å²) in [6.45, 7) is 8.02. The molecule has 0 aromatic heterocycles. The summed E-state index contributed by atoms with van der Waals surface area (Å²) >= 11 is 0. The molecule has 0 fully saturated rings. The maximum Gasteiger partial charge on any atom is 0.492 e. The summed E-state index contributed by atoms with van der Waals surface area (Å²) in [4.78, 5) is 26.0. The molecule has 14 heteroatoms. The number of nitrogens with two attached hydrogens (primary N) is 3. The van der Waals surface area contributed by atoms with Gasteiger partial charge in [0.1, 0.15) is 0 Å². The van der Waals surface area contributed by atoms with Gasteiger partial charge in [-0.2, -0.15) is 13.2 Å². The molecule has 1 unspecified atom stereocenters. The molecule has 3 rings (SSSR count). The number of aryl methyl sites for hydroxylation is 1. The van der Waals surface area contributed by atoms with Crippen LogP contribution in [0.2, 0.25) is 0 Å². The first-order chi connectivity index (χ1) is 19.7. The number of nitrogens with zero attached hydrogens (tertiary/aromatic N) is 1. The number of carbonyl (C=O) groups is 2. The van der Waals surface area contributed by atoms with E-state index in [9.17, 15) is 27.8 Å². The zero-order valence-corrected chi connectivity index (χ0v) is 24.3. The molecule has 1 aliphatic heterocycles. The Morgan fingerprint density at radius 1 is 1.07 bits per heavy atom. The SMILES string of the molecule is CC1(C)OB(O)c2cc(NCCNC(=O)C(N)CCC(=O)N(CCN)CCN)ccc21.Cc1ccc(C(F)(F)F)cc1. The molecular weight excluding hydrogens is 552 g/mol. The molecule has 0 saturated carbocycles. The second kappa shape index (κ2) is 15.9. The highest BCUT2D eigenvalue weighted by Gasteiger charge is 2.40. The molecule has 42 heavy (non-hydrogen) atoms. The number of alkyl halides is 3. The van der Waals surface area contributed by atoms with Crippen LogP contribution in [0.4, 0.5) is 18.9 Å². The summed E-state index contributed by atoms with van der Waals surface area (Å²) in [6, 6.07) is 9.97. The van der Waals surface area contributed by atoms with E-state index >= 15 is 0 Å². The Morgan fingerprint density at radius 3 is 2.26 bits per heavy atom. The van der Waals surface area contributed by atoms with Crippen molar-refractivity contribution in [2.24, 2.45) is 17.2 Å². The van der Waals surface area contributed by atoms with E-state index in [1.807, 2.05) is 32.0 Å². The van der Waals surface area contributed by atoms with Gasteiger partial charge < -0.3 is 42.4 Å². The lowest BCUT2D eigenvalue weighted by Crippen LogP contribution is -2.44. The summed E-state index contributed by atoms with van der Waals surface area (Å²) < 4.78 is 41.3. The summed E-state index contributed by atoms with van der Waals surface area (Å²) in [5.74, 6) is -0.412. The Labute approximate surface area is 245 Å². The highest BCUT2D eigenvalue weighted by molar-refractivity contribution is 6.62. The van der Waals surface area contributed by atoms with Gasteiger partial charge in [-0.05, 0) is 62.5 Å². The average Bonchev–Trinajstić information content (AvgIpc) is 3.16. The summed E-state index contributed by atoms with van der Waals surface area (Å²) in [5.41, 5.74) is 19.2. The molecule has 1 atom stereocenters. The normalized spacial score (nSPS) is 14.4. The number of fused-ring (bicyclic) bond motifs is 1. The van der Waals surface area contributed by atoms with Crippen LogP contribution in [0.5, 0.6) is 0 Å². The van der Waals surface area contributed by atoms with E-state index in [4.69, 9.17) is 21.9 Å². The van der Waals surface area contributed by atoms with Gasteiger partial charge >= 0.3 is 13.3 Å². The third-order valence-electron chi connectivity index (χ3n) is 6.66. The molecule has 2 amide bonds. The zero-order valence-electron chi connectivity index (χ0n) is 24.3. The van der Waals surface area contributed by atoms with Gasteiger partial charge in [0.05, 0.1) is 17.2 Å². The number of rotatable bonds is 12. The maximum atomic E-state index is 12.2. The van der Waals surface area contributed by atoms with E-state index in [2.05, 4.69) is 10.6 Å². The number of hydrogen-bond acceptors (Lipinski definition) is 8. The maximum absolute atomic E-state index is 12.2. The van der Waals surface area contributed by atoms with Crippen LogP contribution in [0.15, 0.2) is 42.5 Å². The Morgan fingerprint density at radius 2 is 1.69 bits per heavy atom. The van der Waals surface area contributed by atoms with Crippen LogP contribution >= 0.6 is 0 Å². The second-order valence-electron chi connectivity index (χ2n) is 10.5.